The fourth-order valence-electron chi connectivity index (χ4n) is 4.60. The quantitative estimate of drug-likeness (QED) is 0.744. The molecule has 3 aromatic rings. The summed E-state index contributed by atoms with van der Waals surface area (Å²) in [6, 6.07) is 14.6. The van der Waals surface area contributed by atoms with Crippen LogP contribution in [0, 0.1) is 0 Å². The summed E-state index contributed by atoms with van der Waals surface area (Å²) in [6.07, 6.45) is 4.35. The Kier molecular flexibility index (Phi) is 3.33. The predicted octanol–water partition coefficient (Wildman–Crippen LogP) is 3.29. The number of carbonyl (C=O) groups is 1. The number of hydrogen-bond donors (Lipinski definition) is 1. The van der Waals surface area contributed by atoms with Gasteiger partial charge in [0.25, 0.3) is 5.91 Å². The lowest BCUT2D eigenvalue weighted by molar-refractivity contribution is 0.0547. The van der Waals surface area contributed by atoms with Gasteiger partial charge >= 0.3 is 0 Å². The van der Waals surface area contributed by atoms with Crippen molar-refractivity contribution in [2.45, 2.75) is 37.6 Å². The molecule has 1 fully saturated rings. The van der Waals surface area contributed by atoms with Gasteiger partial charge < -0.3 is 4.90 Å². The number of aryl methyl sites for hydroxylation is 1. The Bertz CT molecular complexity index is 948. The Morgan fingerprint density at radius 2 is 1.96 bits per heavy atom. The third-order valence-corrected chi connectivity index (χ3v) is 5.77. The number of fused-ring (bicyclic) bond motifs is 4. The number of hydrogen-bond acceptors (Lipinski definition) is 3. The second kappa shape index (κ2) is 5.69. The van der Waals surface area contributed by atoms with Crippen LogP contribution in [0.1, 0.15) is 46.7 Å². The summed E-state index contributed by atoms with van der Waals surface area (Å²) in [5.41, 5.74) is 5.15. The molecule has 2 aromatic carbocycles. The minimum Gasteiger partial charge on any atom is -0.335 e. The van der Waals surface area contributed by atoms with Crippen molar-refractivity contribution < 1.29 is 4.79 Å². The van der Waals surface area contributed by atoms with Crippen LogP contribution in [-0.2, 0) is 6.42 Å². The number of nitrogens with one attached hydrogen (secondary N) is 1. The number of amides is 1. The Balaban J connectivity index is 1.48. The summed E-state index contributed by atoms with van der Waals surface area (Å²) in [5, 5.41) is 10.8. The first-order valence-corrected chi connectivity index (χ1v) is 9.00. The van der Waals surface area contributed by atoms with Crippen molar-refractivity contribution in [1.82, 2.24) is 20.3 Å². The maximum atomic E-state index is 13.2. The third-order valence-electron chi connectivity index (χ3n) is 5.77. The minimum atomic E-state index is 0.124. The molecule has 1 saturated heterocycles. The molecule has 126 valence electrons. The minimum absolute atomic E-state index is 0.124. The number of H-pyrrole nitrogens is 1. The summed E-state index contributed by atoms with van der Waals surface area (Å²) in [7, 11) is 0. The van der Waals surface area contributed by atoms with E-state index in [-0.39, 0.29) is 5.91 Å². The first-order valence-electron chi connectivity index (χ1n) is 9.00. The second-order valence-corrected chi connectivity index (χ2v) is 7.08. The Morgan fingerprint density at radius 1 is 1.08 bits per heavy atom. The van der Waals surface area contributed by atoms with Crippen LogP contribution in [0.25, 0.3) is 11.0 Å². The van der Waals surface area contributed by atoms with Crippen LogP contribution >= 0.6 is 0 Å². The van der Waals surface area contributed by atoms with Gasteiger partial charge in [0, 0.05) is 24.1 Å². The molecular formula is C20H20N4O. The SMILES string of the molecule is O=C(c1ccc2n[nH]nc2c1)N1CCC[C@H]2c3ccccc3CC[C@H]21. The summed E-state index contributed by atoms with van der Waals surface area (Å²) in [5.74, 6) is 0.595. The summed E-state index contributed by atoms with van der Waals surface area (Å²) in [6.45, 7) is 0.846. The van der Waals surface area contributed by atoms with Gasteiger partial charge in [0.05, 0.1) is 0 Å². The molecule has 0 saturated carbocycles. The number of aromatic amines is 1. The van der Waals surface area contributed by atoms with Crippen LogP contribution in [0.2, 0.25) is 0 Å². The van der Waals surface area contributed by atoms with Crippen LogP contribution in [0.4, 0.5) is 0 Å². The molecular weight excluding hydrogens is 312 g/mol. The van der Waals surface area contributed by atoms with Crippen LogP contribution in [0.15, 0.2) is 42.5 Å². The normalized spacial score (nSPS) is 22.5. The number of likely N-dealkylation sites (tertiary alicyclic amines) is 1. The van der Waals surface area contributed by atoms with Gasteiger partial charge in [-0.2, -0.15) is 15.4 Å². The topological polar surface area (TPSA) is 61.9 Å². The number of benzene rings is 2. The highest BCUT2D eigenvalue weighted by atomic mass is 16.2. The lowest BCUT2D eigenvalue weighted by Crippen LogP contribution is -2.49. The van der Waals surface area contributed by atoms with E-state index in [4.69, 9.17) is 0 Å². The van der Waals surface area contributed by atoms with Crippen LogP contribution in [0.5, 0.6) is 0 Å². The maximum Gasteiger partial charge on any atom is 0.254 e. The smallest absolute Gasteiger partial charge is 0.254 e. The number of piperidine rings is 1. The predicted molar refractivity (Wildman–Crippen MR) is 95.5 cm³/mol. The number of carbonyl (C=O) groups excluding carboxylic acids is 1. The average molecular weight is 332 g/mol. The first-order chi connectivity index (χ1) is 12.3. The molecule has 0 spiro atoms. The highest BCUT2D eigenvalue weighted by molar-refractivity contribution is 5.97. The number of rotatable bonds is 1. The van der Waals surface area contributed by atoms with Gasteiger partial charge in [0.1, 0.15) is 11.0 Å². The number of nitrogens with zero attached hydrogens (tertiary/aromatic N) is 3. The van der Waals surface area contributed by atoms with E-state index in [0.717, 1.165) is 36.8 Å². The first kappa shape index (κ1) is 14.6. The van der Waals surface area contributed by atoms with Crippen molar-refractivity contribution in [1.29, 1.82) is 0 Å². The maximum absolute atomic E-state index is 13.2. The van der Waals surface area contributed by atoms with Crippen molar-refractivity contribution in [2.75, 3.05) is 6.54 Å². The molecule has 1 aromatic heterocycles. The van der Waals surface area contributed by atoms with E-state index in [2.05, 4.69) is 44.6 Å². The molecule has 0 radical (unpaired) electrons. The lowest BCUT2D eigenvalue weighted by Gasteiger charge is -2.45. The average Bonchev–Trinajstić information content (AvgIpc) is 3.14. The van der Waals surface area contributed by atoms with E-state index < -0.39 is 0 Å². The standard InChI is InChI=1S/C20H20N4O/c25-20(14-7-9-17-18(12-14)22-23-21-17)24-11-3-6-16-15-5-2-1-4-13(15)8-10-19(16)24/h1-2,4-5,7,9,12,16,19H,3,6,8,10-11H2,(H,21,22,23)/t16-,19+/m0/s1. The Hall–Kier alpha value is -2.69. The second-order valence-electron chi connectivity index (χ2n) is 7.08. The van der Waals surface area contributed by atoms with Crippen molar-refractivity contribution in [3.63, 3.8) is 0 Å². The fraction of sp³-hybridized carbons (Fsp3) is 0.350. The summed E-state index contributed by atoms with van der Waals surface area (Å²) < 4.78 is 0. The van der Waals surface area contributed by atoms with Crippen LogP contribution in [-0.4, -0.2) is 38.8 Å². The van der Waals surface area contributed by atoms with Crippen LogP contribution < -0.4 is 0 Å². The van der Waals surface area contributed by atoms with Crippen molar-refractivity contribution in [3.8, 4) is 0 Å². The van der Waals surface area contributed by atoms with E-state index in [1.54, 1.807) is 0 Å². The molecule has 2 atom stereocenters. The molecule has 0 bridgehead atoms. The Morgan fingerprint density at radius 3 is 2.92 bits per heavy atom. The zero-order chi connectivity index (χ0) is 16.8. The number of aromatic nitrogens is 3. The third kappa shape index (κ3) is 2.34. The van der Waals surface area contributed by atoms with E-state index in [1.165, 1.54) is 17.5 Å². The largest absolute Gasteiger partial charge is 0.335 e. The van der Waals surface area contributed by atoms with Crippen molar-refractivity contribution in [3.05, 3.63) is 59.2 Å². The molecule has 5 nitrogen and oxygen atoms in total. The van der Waals surface area contributed by atoms with Gasteiger partial charge in [0.15, 0.2) is 0 Å². The van der Waals surface area contributed by atoms with E-state index >= 15 is 0 Å². The molecule has 0 unspecified atom stereocenters. The fourth-order valence-corrected chi connectivity index (χ4v) is 4.60. The molecule has 2 heterocycles. The summed E-state index contributed by atoms with van der Waals surface area (Å²) >= 11 is 0. The molecule has 2 aliphatic rings. The van der Waals surface area contributed by atoms with E-state index in [0.29, 0.717) is 17.5 Å². The highest BCUT2D eigenvalue weighted by Gasteiger charge is 2.38. The molecule has 25 heavy (non-hydrogen) atoms. The zero-order valence-electron chi connectivity index (χ0n) is 14.0. The van der Waals surface area contributed by atoms with Gasteiger partial charge in [-0.25, -0.2) is 0 Å². The monoisotopic (exact) mass is 332 g/mol. The van der Waals surface area contributed by atoms with Gasteiger partial charge in [-0.05, 0) is 55.0 Å². The Labute approximate surface area is 146 Å². The van der Waals surface area contributed by atoms with Gasteiger partial charge in [0.2, 0.25) is 0 Å². The highest BCUT2D eigenvalue weighted by Crippen LogP contribution is 2.41. The molecule has 5 rings (SSSR count). The molecule has 1 amide bonds. The van der Waals surface area contributed by atoms with Gasteiger partial charge in [-0.3, -0.25) is 4.79 Å². The molecule has 5 heteroatoms. The molecule has 1 aliphatic carbocycles. The van der Waals surface area contributed by atoms with Gasteiger partial charge in [-0.15, -0.1) is 0 Å². The van der Waals surface area contributed by atoms with Crippen LogP contribution in [0.3, 0.4) is 0 Å². The van der Waals surface area contributed by atoms with Gasteiger partial charge in [-0.1, -0.05) is 24.3 Å². The summed E-state index contributed by atoms with van der Waals surface area (Å²) in [4.78, 5) is 15.3. The van der Waals surface area contributed by atoms with E-state index in [9.17, 15) is 4.79 Å². The van der Waals surface area contributed by atoms with Crippen molar-refractivity contribution in [2.24, 2.45) is 0 Å². The molecule has 1 N–H and O–H groups in total. The van der Waals surface area contributed by atoms with Crippen molar-refractivity contribution >= 4 is 16.9 Å². The van der Waals surface area contributed by atoms with E-state index in [1.807, 2.05) is 18.2 Å². The lowest BCUT2D eigenvalue weighted by atomic mass is 9.74. The molecule has 1 aliphatic heterocycles. The zero-order valence-corrected chi connectivity index (χ0v) is 14.0.